The van der Waals surface area contributed by atoms with E-state index in [1.807, 2.05) is 0 Å². The minimum absolute atomic E-state index is 0.0379. The summed E-state index contributed by atoms with van der Waals surface area (Å²) in [6.45, 7) is -0.469. The summed E-state index contributed by atoms with van der Waals surface area (Å²) in [6, 6.07) is 8.19. The van der Waals surface area contributed by atoms with Crippen molar-refractivity contribution in [2.24, 2.45) is 5.92 Å². The predicted octanol–water partition coefficient (Wildman–Crippen LogP) is 2.97. The third-order valence-corrected chi connectivity index (χ3v) is 7.24. The van der Waals surface area contributed by atoms with Crippen LogP contribution in [0.3, 0.4) is 0 Å². The first-order valence-corrected chi connectivity index (χ1v) is 11.6. The summed E-state index contributed by atoms with van der Waals surface area (Å²) < 4.78 is 44.6. The van der Waals surface area contributed by atoms with Crippen molar-refractivity contribution in [3.05, 3.63) is 63.4 Å². The Balaban J connectivity index is 1.49. The molecular weight excluding hydrogens is 481 g/mol. The van der Waals surface area contributed by atoms with Crippen molar-refractivity contribution in [2.75, 3.05) is 25.0 Å². The number of carbonyl (C=O) groups is 2. The van der Waals surface area contributed by atoms with Gasteiger partial charge in [0.1, 0.15) is 10.8 Å². The molecule has 1 fully saturated rings. The average molecular weight is 500 g/mol. The van der Waals surface area contributed by atoms with Crippen LogP contribution in [0.15, 0.2) is 47.4 Å². The van der Waals surface area contributed by atoms with Crippen molar-refractivity contribution in [2.45, 2.75) is 17.7 Å². The number of halogens is 2. The van der Waals surface area contributed by atoms with E-state index in [0.29, 0.717) is 0 Å². The lowest BCUT2D eigenvalue weighted by atomic mass is 9.98. The van der Waals surface area contributed by atoms with Crippen LogP contribution in [-0.2, 0) is 24.3 Å². The van der Waals surface area contributed by atoms with Crippen molar-refractivity contribution in [1.29, 1.82) is 0 Å². The van der Waals surface area contributed by atoms with Gasteiger partial charge in [-0.3, -0.25) is 19.7 Å². The highest BCUT2D eigenvalue weighted by molar-refractivity contribution is 7.89. The Kier molecular flexibility index (Phi) is 7.61. The maximum Gasteiger partial charge on any atom is 0.309 e. The summed E-state index contributed by atoms with van der Waals surface area (Å²) in [7, 11) is -3.81. The van der Waals surface area contributed by atoms with Crippen molar-refractivity contribution < 1.29 is 32.1 Å². The number of nitrogens with one attached hydrogen (secondary N) is 1. The SMILES string of the molecule is O=C(COC(=O)C1CCN(S(=O)(=O)c2ccc(F)cc2)CC1)Nc1ccc(Cl)c([N+](=O)[O-])c1. The maximum absolute atomic E-state index is 13.1. The molecule has 0 radical (unpaired) electrons. The average Bonchev–Trinajstić information content (AvgIpc) is 2.79. The fraction of sp³-hybridized carbons (Fsp3) is 0.300. The number of nitro groups is 1. The number of hydrogen-bond donors (Lipinski definition) is 1. The number of nitrogens with zero attached hydrogens (tertiary/aromatic N) is 2. The Morgan fingerprint density at radius 3 is 2.42 bits per heavy atom. The number of ether oxygens (including phenoxy) is 1. The van der Waals surface area contributed by atoms with E-state index in [1.165, 1.54) is 28.6 Å². The molecule has 2 aromatic carbocycles. The molecule has 33 heavy (non-hydrogen) atoms. The molecule has 1 amide bonds. The van der Waals surface area contributed by atoms with Crippen LogP contribution in [0.25, 0.3) is 0 Å². The molecule has 1 aliphatic rings. The molecule has 176 valence electrons. The summed E-state index contributed by atoms with van der Waals surface area (Å²) in [6.07, 6.45) is 0.397. The van der Waals surface area contributed by atoms with Crippen LogP contribution in [0.5, 0.6) is 0 Å². The topological polar surface area (TPSA) is 136 Å². The fourth-order valence-corrected chi connectivity index (χ4v) is 4.93. The summed E-state index contributed by atoms with van der Waals surface area (Å²) in [4.78, 5) is 34.5. The van der Waals surface area contributed by atoms with Crippen molar-refractivity contribution in [3.63, 3.8) is 0 Å². The van der Waals surface area contributed by atoms with E-state index in [4.69, 9.17) is 16.3 Å². The van der Waals surface area contributed by atoms with E-state index in [-0.39, 0.29) is 47.2 Å². The number of anilines is 1. The van der Waals surface area contributed by atoms with Gasteiger partial charge in [-0.1, -0.05) is 11.6 Å². The summed E-state index contributed by atoms with van der Waals surface area (Å²) in [5, 5.41) is 13.2. The second-order valence-corrected chi connectivity index (χ2v) is 9.56. The smallest absolute Gasteiger partial charge is 0.309 e. The van der Waals surface area contributed by atoms with Crippen molar-refractivity contribution in [3.8, 4) is 0 Å². The van der Waals surface area contributed by atoms with Gasteiger partial charge in [0.05, 0.1) is 15.7 Å². The molecule has 1 heterocycles. The van der Waals surface area contributed by atoms with Crippen LogP contribution < -0.4 is 5.32 Å². The molecule has 3 rings (SSSR count). The number of piperidine rings is 1. The predicted molar refractivity (Wildman–Crippen MR) is 116 cm³/mol. The zero-order valence-electron chi connectivity index (χ0n) is 17.1. The van der Waals surface area contributed by atoms with Gasteiger partial charge in [0.15, 0.2) is 6.61 Å². The van der Waals surface area contributed by atoms with E-state index in [9.17, 15) is 32.5 Å². The van der Waals surface area contributed by atoms with Crippen LogP contribution in [0, 0.1) is 21.8 Å². The Labute approximate surface area is 193 Å². The minimum atomic E-state index is -3.81. The largest absolute Gasteiger partial charge is 0.455 e. The summed E-state index contributed by atoms with van der Waals surface area (Å²) >= 11 is 5.72. The second-order valence-electron chi connectivity index (χ2n) is 7.21. The van der Waals surface area contributed by atoms with E-state index in [2.05, 4.69) is 5.32 Å². The Bertz CT molecular complexity index is 1170. The minimum Gasteiger partial charge on any atom is -0.455 e. The number of esters is 1. The molecule has 10 nitrogen and oxygen atoms in total. The molecule has 0 unspecified atom stereocenters. The Hall–Kier alpha value is -3.09. The molecule has 13 heteroatoms. The van der Waals surface area contributed by atoms with Gasteiger partial charge in [0, 0.05) is 24.8 Å². The third kappa shape index (κ3) is 6.03. The Morgan fingerprint density at radius 2 is 1.82 bits per heavy atom. The van der Waals surface area contributed by atoms with Gasteiger partial charge in [-0.05, 0) is 49.2 Å². The lowest BCUT2D eigenvalue weighted by Gasteiger charge is -2.30. The first kappa shape index (κ1) is 24.6. The van der Waals surface area contributed by atoms with Gasteiger partial charge in [0.2, 0.25) is 10.0 Å². The molecule has 1 aliphatic heterocycles. The molecule has 0 aromatic heterocycles. The molecule has 0 bridgehead atoms. The van der Waals surface area contributed by atoms with Gasteiger partial charge < -0.3 is 10.1 Å². The van der Waals surface area contributed by atoms with E-state index in [0.717, 1.165) is 18.2 Å². The maximum atomic E-state index is 13.1. The first-order chi connectivity index (χ1) is 15.6. The number of nitro benzene ring substituents is 1. The molecule has 0 aliphatic carbocycles. The first-order valence-electron chi connectivity index (χ1n) is 9.74. The van der Waals surface area contributed by atoms with Gasteiger partial charge in [0.25, 0.3) is 11.6 Å². The summed E-state index contributed by atoms with van der Waals surface area (Å²) in [5.41, 5.74) is -0.264. The van der Waals surface area contributed by atoms with Gasteiger partial charge >= 0.3 is 5.97 Å². The molecule has 0 atom stereocenters. The lowest BCUT2D eigenvalue weighted by molar-refractivity contribution is -0.384. The van der Waals surface area contributed by atoms with Gasteiger partial charge in [-0.2, -0.15) is 4.31 Å². The van der Waals surface area contributed by atoms with Crippen molar-refractivity contribution >= 4 is 44.9 Å². The van der Waals surface area contributed by atoms with E-state index < -0.39 is 45.2 Å². The highest BCUT2D eigenvalue weighted by Crippen LogP contribution is 2.27. The highest BCUT2D eigenvalue weighted by atomic mass is 35.5. The molecule has 2 aromatic rings. The van der Waals surface area contributed by atoms with Crippen LogP contribution >= 0.6 is 11.6 Å². The third-order valence-electron chi connectivity index (χ3n) is 5.01. The normalized spacial score (nSPS) is 15.1. The molecular formula is C20H19ClFN3O7S. The van der Waals surface area contributed by atoms with Gasteiger partial charge in [-0.25, -0.2) is 12.8 Å². The number of sulfonamides is 1. The monoisotopic (exact) mass is 499 g/mol. The van der Waals surface area contributed by atoms with E-state index >= 15 is 0 Å². The van der Waals surface area contributed by atoms with Gasteiger partial charge in [-0.15, -0.1) is 0 Å². The van der Waals surface area contributed by atoms with Crippen LogP contribution in [0.4, 0.5) is 15.8 Å². The second kappa shape index (κ2) is 10.2. The van der Waals surface area contributed by atoms with E-state index in [1.54, 1.807) is 0 Å². The van der Waals surface area contributed by atoms with Crippen LogP contribution in [0.1, 0.15) is 12.8 Å². The fourth-order valence-electron chi connectivity index (χ4n) is 3.27. The van der Waals surface area contributed by atoms with Crippen LogP contribution in [-0.4, -0.2) is 49.2 Å². The molecule has 1 N–H and O–H groups in total. The lowest BCUT2D eigenvalue weighted by Crippen LogP contribution is -2.40. The number of rotatable bonds is 7. The highest BCUT2D eigenvalue weighted by Gasteiger charge is 2.33. The zero-order chi connectivity index (χ0) is 24.2. The number of carbonyl (C=O) groups excluding carboxylic acids is 2. The number of benzene rings is 2. The molecule has 1 saturated heterocycles. The zero-order valence-corrected chi connectivity index (χ0v) is 18.6. The molecule has 0 saturated carbocycles. The number of amides is 1. The quantitative estimate of drug-likeness (QED) is 0.351. The number of hydrogen-bond acceptors (Lipinski definition) is 7. The standard InChI is InChI=1S/C20H19ClFN3O7S/c21-17-6-3-15(11-18(17)25(28)29)23-19(26)12-32-20(27)13-7-9-24(10-8-13)33(30,31)16-4-1-14(22)2-5-16/h1-6,11,13H,7-10,12H2,(H,23,26). The van der Waals surface area contributed by atoms with Crippen molar-refractivity contribution in [1.82, 2.24) is 4.31 Å². The summed E-state index contributed by atoms with van der Waals surface area (Å²) in [5.74, 6) is -2.48. The Morgan fingerprint density at radius 1 is 1.18 bits per heavy atom. The van der Waals surface area contributed by atoms with Crippen LogP contribution in [0.2, 0.25) is 5.02 Å². The molecule has 0 spiro atoms.